The SMILES string of the molecule is CC(=CC=C1C(=O)c2ccccc2S1(=O)=O)CC=C1C(=O)c2ccccc2S1(=O)=O. The van der Waals surface area contributed by atoms with Crippen molar-refractivity contribution in [2.24, 2.45) is 0 Å². The van der Waals surface area contributed by atoms with Gasteiger partial charge in [0.15, 0.2) is 0 Å². The minimum atomic E-state index is -3.88. The number of hydrogen-bond donors (Lipinski definition) is 0. The fraction of sp³-hybridized carbons (Fsp3) is 0.0909. The predicted octanol–water partition coefficient (Wildman–Crippen LogP) is 3.43. The number of allylic oxidation sites excluding steroid dienone is 6. The van der Waals surface area contributed by atoms with E-state index in [2.05, 4.69) is 0 Å². The van der Waals surface area contributed by atoms with Crippen LogP contribution in [-0.2, 0) is 19.7 Å². The summed E-state index contributed by atoms with van der Waals surface area (Å²) in [6.45, 7) is 1.66. The van der Waals surface area contributed by atoms with Gasteiger partial charge in [-0.1, -0.05) is 42.0 Å². The first kappa shape index (κ1) is 20.2. The fourth-order valence-corrected chi connectivity index (χ4v) is 6.58. The number of fused-ring (bicyclic) bond motifs is 2. The second-order valence-corrected chi connectivity index (χ2v) is 10.7. The Labute approximate surface area is 174 Å². The Balaban J connectivity index is 1.63. The van der Waals surface area contributed by atoms with Gasteiger partial charge in [-0.05, 0) is 43.7 Å². The van der Waals surface area contributed by atoms with Crippen molar-refractivity contribution < 1.29 is 26.4 Å². The van der Waals surface area contributed by atoms with Crippen molar-refractivity contribution in [2.45, 2.75) is 23.1 Å². The maximum Gasteiger partial charge on any atom is 0.211 e. The molecule has 0 radical (unpaired) electrons. The van der Waals surface area contributed by atoms with Gasteiger partial charge < -0.3 is 0 Å². The van der Waals surface area contributed by atoms with Crippen LogP contribution in [0, 0.1) is 0 Å². The summed E-state index contributed by atoms with van der Waals surface area (Å²) in [6.07, 6.45) is 4.11. The normalized spacial score (nSPS) is 21.8. The number of Topliss-reactive ketones (excluding diaryl/α,β-unsaturated/α-hetero) is 2. The van der Waals surface area contributed by atoms with E-state index in [4.69, 9.17) is 0 Å². The van der Waals surface area contributed by atoms with Crippen LogP contribution in [-0.4, -0.2) is 28.4 Å². The zero-order chi connectivity index (χ0) is 21.7. The van der Waals surface area contributed by atoms with Crippen LogP contribution < -0.4 is 0 Å². The van der Waals surface area contributed by atoms with Gasteiger partial charge in [0.2, 0.25) is 31.2 Å². The Bertz CT molecular complexity index is 1420. The third-order valence-corrected chi connectivity index (χ3v) is 8.70. The monoisotopic (exact) mass is 440 g/mol. The lowest BCUT2D eigenvalue weighted by molar-refractivity contribution is 0.103. The van der Waals surface area contributed by atoms with Gasteiger partial charge in [-0.3, -0.25) is 9.59 Å². The van der Waals surface area contributed by atoms with E-state index in [0.29, 0.717) is 5.57 Å². The molecule has 152 valence electrons. The highest BCUT2D eigenvalue weighted by Crippen LogP contribution is 2.35. The van der Waals surface area contributed by atoms with Crippen molar-refractivity contribution in [3.8, 4) is 0 Å². The minimum absolute atomic E-state index is 0.00888. The van der Waals surface area contributed by atoms with Crippen LogP contribution in [0.5, 0.6) is 0 Å². The average Bonchev–Trinajstić information content (AvgIpc) is 3.04. The number of hydrogen-bond acceptors (Lipinski definition) is 6. The summed E-state index contributed by atoms with van der Waals surface area (Å²) in [5.41, 5.74) is 0.873. The lowest BCUT2D eigenvalue weighted by atomic mass is 10.1. The second kappa shape index (κ2) is 7.00. The van der Waals surface area contributed by atoms with E-state index < -0.39 is 31.2 Å². The molecule has 0 unspecified atom stereocenters. The minimum Gasteiger partial charge on any atom is -0.288 e. The molecule has 0 atom stereocenters. The molecular formula is C22H16O6S2. The topological polar surface area (TPSA) is 102 Å². The largest absolute Gasteiger partial charge is 0.288 e. The molecule has 0 fully saturated rings. The summed E-state index contributed by atoms with van der Waals surface area (Å²) in [6, 6.07) is 12.0. The molecule has 0 spiro atoms. The van der Waals surface area contributed by atoms with Gasteiger partial charge in [-0.2, -0.15) is 0 Å². The molecule has 2 aliphatic heterocycles. The van der Waals surface area contributed by atoms with Crippen molar-refractivity contribution in [3.63, 3.8) is 0 Å². The lowest BCUT2D eigenvalue weighted by Gasteiger charge is -1.99. The highest BCUT2D eigenvalue weighted by Gasteiger charge is 2.39. The Morgan fingerprint density at radius 3 is 1.77 bits per heavy atom. The molecule has 0 amide bonds. The molecule has 0 saturated heterocycles. The fourth-order valence-electron chi connectivity index (χ4n) is 3.43. The first-order valence-corrected chi connectivity index (χ1v) is 12.0. The van der Waals surface area contributed by atoms with Crippen molar-refractivity contribution in [3.05, 3.63) is 93.3 Å². The first-order chi connectivity index (χ1) is 14.2. The van der Waals surface area contributed by atoms with Crippen LogP contribution in [0.3, 0.4) is 0 Å². The van der Waals surface area contributed by atoms with Crippen molar-refractivity contribution in [1.82, 2.24) is 0 Å². The van der Waals surface area contributed by atoms with E-state index in [1.54, 1.807) is 31.2 Å². The summed E-state index contributed by atoms with van der Waals surface area (Å²) in [4.78, 5) is 24.2. The molecule has 0 aliphatic carbocycles. The quantitative estimate of drug-likeness (QED) is 0.678. The van der Waals surface area contributed by atoms with E-state index in [1.807, 2.05) is 0 Å². The molecule has 2 aliphatic rings. The van der Waals surface area contributed by atoms with Crippen LogP contribution >= 0.6 is 0 Å². The van der Waals surface area contributed by atoms with E-state index in [9.17, 15) is 26.4 Å². The summed E-state index contributed by atoms with van der Waals surface area (Å²) >= 11 is 0. The van der Waals surface area contributed by atoms with Crippen LogP contribution in [0.25, 0.3) is 0 Å². The Morgan fingerprint density at radius 1 is 0.767 bits per heavy atom. The summed E-state index contributed by atoms with van der Waals surface area (Å²) in [5, 5.41) is 0. The van der Waals surface area contributed by atoms with Gasteiger partial charge >= 0.3 is 0 Å². The summed E-state index contributed by atoms with van der Waals surface area (Å²) in [7, 11) is -7.75. The van der Waals surface area contributed by atoms with Crippen LogP contribution in [0.2, 0.25) is 0 Å². The highest BCUT2D eigenvalue weighted by atomic mass is 32.2. The molecule has 0 bridgehead atoms. The molecule has 2 aromatic rings. The van der Waals surface area contributed by atoms with Gasteiger partial charge in [-0.15, -0.1) is 0 Å². The third kappa shape index (κ3) is 3.00. The Morgan fingerprint density at radius 2 is 1.23 bits per heavy atom. The van der Waals surface area contributed by atoms with Crippen LogP contribution in [0.4, 0.5) is 0 Å². The van der Waals surface area contributed by atoms with Gasteiger partial charge in [0.25, 0.3) is 0 Å². The zero-order valence-corrected chi connectivity index (χ0v) is 17.5. The number of carbonyl (C=O) groups is 2. The highest BCUT2D eigenvalue weighted by molar-refractivity contribution is 7.97. The molecule has 0 N–H and O–H groups in total. The van der Waals surface area contributed by atoms with E-state index in [0.717, 1.165) is 0 Å². The maximum atomic E-state index is 12.6. The summed E-state index contributed by atoms with van der Waals surface area (Å²) < 4.78 is 50.3. The molecule has 6 nitrogen and oxygen atoms in total. The van der Waals surface area contributed by atoms with Crippen LogP contribution in [0.1, 0.15) is 34.1 Å². The molecule has 30 heavy (non-hydrogen) atoms. The van der Waals surface area contributed by atoms with Gasteiger partial charge in [-0.25, -0.2) is 16.8 Å². The average molecular weight is 440 g/mol. The Kier molecular flexibility index (Phi) is 4.71. The molecule has 0 saturated carbocycles. The third-order valence-electron chi connectivity index (χ3n) is 5.00. The molecule has 2 aromatic carbocycles. The number of ketones is 2. The van der Waals surface area contributed by atoms with Crippen molar-refractivity contribution in [1.29, 1.82) is 0 Å². The van der Waals surface area contributed by atoms with Gasteiger partial charge in [0.05, 0.1) is 9.79 Å². The molecular weight excluding hydrogens is 424 g/mol. The second-order valence-electron chi connectivity index (χ2n) is 6.97. The van der Waals surface area contributed by atoms with Crippen LogP contribution in [0.15, 0.2) is 91.9 Å². The van der Waals surface area contributed by atoms with Crippen molar-refractivity contribution >= 4 is 31.2 Å². The number of benzene rings is 2. The lowest BCUT2D eigenvalue weighted by Crippen LogP contribution is -2.02. The van der Waals surface area contributed by atoms with Gasteiger partial charge in [0, 0.05) is 11.1 Å². The first-order valence-electron chi connectivity index (χ1n) is 9.01. The van der Waals surface area contributed by atoms with Gasteiger partial charge in [0.1, 0.15) is 9.81 Å². The molecule has 0 aromatic heterocycles. The maximum absolute atomic E-state index is 12.6. The number of carbonyl (C=O) groups excluding carboxylic acids is 2. The van der Waals surface area contributed by atoms with E-state index >= 15 is 0 Å². The zero-order valence-electron chi connectivity index (χ0n) is 15.8. The Hall–Kier alpha value is -3.10. The summed E-state index contributed by atoms with van der Waals surface area (Å²) in [5.74, 6) is -1.13. The van der Waals surface area contributed by atoms with E-state index in [-0.39, 0.29) is 37.1 Å². The smallest absolute Gasteiger partial charge is 0.211 e. The molecule has 8 heteroatoms. The predicted molar refractivity (Wildman–Crippen MR) is 110 cm³/mol. The standard InChI is InChI=1S/C22H16O6S2/c1-14(10-12-19-21(23)15-6-2-4-8-17(15)29(19,25)26)11-13-20-22(24)16-7-3-5-9-18(16)30(20,27)28/h2-10,12-13H,11H2,1H3. The van der Waals surface area contributed by atoms with E-state index in [1.165, 1.54) is 42.5 Å². The number of sulfone groups is 2. The van der Waals surface area contributed by atoms with Crippen molar-refractivity contribution in [2.75, 3.05) is 0 Å². The molecule has 4 rings (SSSR count). The number of rotatable bonds is 3. The molecule has 2 heterocycles.